The van der Waals surface area contributed by atoms with Crippen molar-refractivity contribution in [2.24, 2.45) is 0 Å². The van der Waals surface area contributed by atoms with E-state index in [9.17, 15) is 0 Å². The summed E-state index contributed by atoms with van der Waals surface area (Å²) in [6.07, 6.45) is 5.03. The van der Waals surface area contributed by atoms with Crippen molar-refractivity contribution >= 4 is 11.8 Å². The molecule has 0 heterocycles. The summed E-state index contributed by atoms with van der Waals surface area (Å²) in [5, 5.41) is 0. The van der Waals surface area contributed by atoms with Crippen LogP contribution < -0.4 is 4.74 Å². The molecule has 0 spiro atoms. The van der Waals surface area contributed by atoms with Gasteiger partial charge < -0.3 is 4.74 Å². The Morgan fingerprint density at radius 2 is 2.15 bits per heavy atom. The van der Waals surface area contributed by atoms with Gasteiger partial charge in [0.1, 0.15) is 5.75 Å². The first kappa shape index (κ1) is 8.95. The van der Waals surface area contributed by atoms with Gasteiger partial charge in [0.15, 0.2) is 0 Å². The Morgan fingerprint density at radius 3 is 2.77 bits per heavy atom. The maximum Gasteiger partial charge on any atom is 0.133 e. The molecule has 0 radical (unpaired) electrons. The summed E-state index contributed by atoms with van der Waals surface area (Å²) < 4.78 is 5.78. The van der Waals surface area contributed by atoms with E-state index in [2.05, 4.69) is 31.4 Å². The van der Waals surface area contributed by atoms with Crippen molar-refractivity contribution in [3.05, 3.63) is 23.8 Å². The Hall–Kier alpha value is -0.630. The first-order chi connectivity index (χ1) is 6.29. The number of hydrogen-bond acceptors (Lipinski definition) is 2. The topological polar surface area (TPSA) is 9.23 Å². The summed E-state index contributed by atoms with van der Waals surface area (Å²) in [6, 6.07) is 6.37. The molecule has 1 fully saturated rings. The summed E-state index contributed by atoms with van der Waals surface area (Å²) in [5.74, 6) is 1.06. The highest BCUT2D eigenvalue weighted by atomic mass is 32.2. The van der Waals surface area contributed by atoms with Crippen molar-refractivity contribution < 1.29 is 4.74 Å². The van der Waals surface area contributed by atoms with E-state index in [0.29, 0.717) is 6.10 Å². The van der Waals surface area contributed by atoms with E-state index < -0.39 is 0 Å². The monoisotopic (exact) mass is 194 g/mol. The zero-order valence-electron chi connectivity index (χ0n) is 8.04. The van der Waals surface area contributed by atoms with Crippen molar-refractivity contribution in [3.8, 4) is 5.75 Å². The van der Waals surface area contributed by atoms with Gasteiger partial charge in [-0.15, -0.1) is 11.8 Å². The Morgan fingerprint density at radius 1 is 1.38 bits per heavy atom. The number of rotatable bonds is 3. The third kappa shape index (κ3) is 2.19. The van der Waals surface area contributed by atoms with Crippen LogP contribution in [0.4, 0.5) is 0 Å². The van der Waals surface area contributed by atoms with Gasteiger partial charge in [-0.3, -0.25) is 0 Å². The van der Waals surface area contributed by atoms with E-state index in [1.807, 2.05) is 0 Å². The molecular formula is C11H14OS. The molecule has 0 atom stereocenters. The molecular weight excluding hydrogens is 180 g/mol. The minimum atomic E-state index is 0.494. The summed E-state index contributed by atoms with van der Waals surface area (Å²) in [6.45, 7) is 2.11. The second-order valence-corrected chi connectivity index (χ2v) is 4.32. The van der Waals surface area contributed by atoms with Crippen LogP contribution in [0, 0.1) is 6.92 Å². The van der Waals surface area contributed by atoms with Gasteiger partial charge in [0, 0.05) is 4.90 Å². The van der Waals surface area contributed by atoms with Crippen molar-refractivity contribution in [3.63, 3.8) is 0 Å². The Labute approximate surface area is 83.5 Å². The molecule has 2 heteroatoms. The molecule has 1 aromatic carbocycles. The molecule has 0 bridgehead atoms. The van der Waals surface area contributed by atoms with Gasteiger partial charge in [-0.1, -0.05) is 6.07 Å². The fraction of sp³-hybridized carbons (Fsp3) is 0.455. The van der Waals surface area contributed by atoms with E-state index in [1.165, 1.54) is 23.3 Å². The quantitative estimate of drug-likeness (QED) is 0.683. The molecule has 13 heavy (non-hydrogen) atoms. The molecule has 1 nitrogen and oxygen atoms in total. The number of thioether (sulfide) groups is 1. The minimum absolute atomic E-state index is 0.494. The molecule has 0 amide bonds. The fourth-order valence-electron chi connectivity index (χ4n) is 1.24. The molecule has 1 aliphatic carbocycles. The van der Waals surface area contributed by atoms with E-state index >= 15 is 0 Å². The molecule has 2 rings (SSSR count). The highest BCUT2D eigenvalue weighted by Crippen LogP contribution is 2.33. The van der Waals surface area contributed by atoms with E-state index in [-0.39, 0.29) is 0 Å². The highest BCUT2D eigenvalue weighted by molar-refractivity contribution is 7.98. The smallest absolute Gasteiger partial charge is 0.133 e. The molecule has 0 unspecified atom stereocenters. The Balaban J connectivity index is 2.21. The van der Waals surface area contributed by atoms with Crippen molar-refractivity contribution in [1.82, 2.24) is 0 Å². The number of hydrogen-bond donors (Lipinski definition) is 0. The second kappa shape index (κ2) is 3.62. The molecule has 0 aromatic heterocycles. The van der Waals surface area contributed by atoms with Crippen LogP contribution in [0.5, 0.6) is 5.75 Å². The Kier molecular flexibility index (Phi) is 2.49. The summed E-state index contributed by atoms with van der Waals surface area (Å²) >= 11 is 1.75. The van der Waals surface area contributed by atoms with Crippen molar-refractivity contribution in [2.75, 3.05) is 6.26 Å². The fourth-order valence-corrected chi connectivity index (χ4v) is 1.86. The van der Waals surface area contributed by atoms with Crippen LogP contribution in [-0.4, -0.2) is 12.4 Å². The van der Waals surface area contributed by atoms with Gasteiger partial charge in [0.05, 0.1) is 6.10 Å². The van der Waals surface area contributed by atoms with Crippen LogP contribution in [-0.2, 0) is 0 Å². The van der Waals surface area contributed by atoms with Gasteiger partial charge in [0.2, 0.25) is 0 Å². The largest absolute Gasteiger partial charge is 0.489 e. The van der Waals surface area contributed by atoms with Gasteiger partial charge in [-0.2, -0.15) is 0 Å². The summed E-state index contributed by atoms with van der Waals surface area (Å²) in [7, 11) is 0. The van der Waals surface area contributed by atoms with Crippen LogP contribution in [0.25, 0.3) is 0 Å². The van der Waals surface area contributed by atoms with Crippen molar-refractivity contribution in [1.29, 1.82) is 0 Å². The van der Waals surface area contributed by atoms with E-state index in [4.69, 9.17) is 4.74 Å². The highest BCUT2D eigenvalue weighted by Gasteiger charge is 2.24. The molecule has 0 saturated heterocycles. The normalized spacial score (nSPS) is 15.8. The molecule has 1 aromatic rings. The predicted octanol–water partition coefficient (Wildman–Crippen LogP) is 3.26. The lowest BCUT2D eigenvalue weighted by Crippen LogP contribution is -1.97. The lowest BCUT2D eigenvalue weighted by Gasteiger charge is -2.09. The SMILES string of the molecule is CSc1cc(C)ccc1OC1CC1. The van der Waals surface area contributed by atoms with Gasteiger partial charge in [-0.05, 0) is 43.7 Å². The number of benzene rings is 1. The summed E-state index contributed by atoms with van der Waals surface area (Å²) in [4.78, 5) is 1.26. The third-order valence-electron chi connectivity index (χ3n) is 2.14. The van der Waals surface area contributed by atoms with Crippen LogP contribution in [0.15, 0.2) is 23.1 Å². The first-order valence-corrected chi connectivity index (χ1v) is 5.83. The van der Waals surface area contributed by atoms with E-state index in [0.717, 1.165) is 5.75 Å². The molecule has 70 valence electrons. The molecule has 0 N–H and O–H groups in total. The zero-order chi connectivity index (χ0) is 9.26. The van der Waals surface area contributed by atoms with Crippen LogP contribution in [0.3, 0.4) is 0 Å². The average molecular weight is 194 g/mol. The third-order valence-corrected chi connectivity index (χ3v) is 2.90. The minimum Gasteiger partial charge on any atom is -0.489 e. The van der Waals surface area contributed by atoms with Gasteiger partial charge >= 0.3 is 0 Å². The molecule has 1 aliphatic rings. The van der Waals surface area contributed by atoms with Crippen molar-refractivity contribution in [2.45, 2.75) is 30.8 Å². The van der Waals surface area contributed by atoms with Crippen LogP contribution in [0.1, 0.15) is 18.4 Å². The lowest BCUT2D eigenvalue weighted by atomic mass is 10.2. The number of ether oxygens (including phenoxy) is 1. The average Bonchev–Trinajstić information content (AvgIpc) is 2.92. The lowest BCUT2D eigenvalue weighted by molar-refractivity contribution is 0.296. The molecule has 1 saturated carbocycles. The van der Waals surface area contributed by atoms with E-state index in [1.54, 1.807) is 11.8 Å². The van der Waals surface area contributed by atoms with Crippen LogP contribution >= 0.6 is 11.8 Å². The predicted molar refractivity (Wildman–Crippen MR) is 56.6 cm³/mol. The summed E-state index contributed by atoms with van der Waals surface area (Å²) in [5.41, 5.74) is 1.30. The standard InChI is InChI=1S/C11H14OS/c1-8-3-6-10(11(7-8)13-2)12-9-4-5-9/h3,6-7,9H,4-5H2,1-2H3. The second-order valence-electron chi connectivity index (χ2n) is 3.47. The Bertz CT molecular complexity index is 305. The maximum atomic E-state index is 5.78. The van der Waals surface area contributed by atoms with Gasteiger partial charge in [-0.25, -0.2) is 0 Å². The van der Waals surface area contributed by atoms with Crippen LogP contribution in [0.2, 0.25) is 0 Å². The molecule has 0 aliphatic heterocycles. The van der Waals surface area contributed by atoms with Gasteiger partial charge in [0.25, 0.3) is 0 Å². The maximum absolute atomic E-state index is 5.78. The first-order valence-electron chi connectivity index (χ1n) is 4.61. The number of aryl methyl sites for hydroxylation is 1. The zero-order valence-corrected chi connectivity index (χ0v) is 8.86.